The van der Waals surface area contributed by atoms with Crippen molar-refractivity contribution in [2.45, 2.75) is 67.2 Å². The van der Waals surface area contributed by atoms with Crippen molar-refractivity contribution in [2.24, 2.45) is 0 Å². The number of hydrogen-bond acceptors (Lipinski definition) is 2. The Labute approximate surface area is 182 Å². The Morgan fingerprint density at radius 3 is 1.53 bits per heavy atom. The summed E-state index contributed by atoms with van der Waals surface area (Å²) < 4.78 is 0. The average Bonchev–Trinajstić information content (AvgIpc) is 2.69. The summed E-state index contributed by atoms with van der Waals surface area (Å²) in [5.74, 6) is 0.838. The summed E-state index contributed by atoms with van der Waals surface area (Å²) >= 11 is 0. The van der Waals surface area contributed by atoms with Gasteiger partial charge in [-0.2, -0.15) is 0 Å². The van der Waals surface area contributed by atoms with Gasteiger partial charge in [0, 0.05) is 11.4 Å². The lowest BCUT2D eigenvalue weighted by Crippen LogP contribution is -2.06. The Morgan fingerprint density at radius 1 is 0.567 bits per heavy atom. The molecule has 158 valence electrons. The van der Waals surface area contributed by atoms with Crippen LogP contribution in [0.4, 0.5) is 11.4 Å². The summed E-state index contributed by atoms with van der Waals surface area (Å²) in [5, 5.41) is 0. The largest absolute Gasteiger partial charge is 0.398 e. The van der Waals surface area contributed by atoms with Crippen LogP contribution in [0.25, 0.3) is 22.3 Å². The molecule has 0 saturated heterocycles. The minimum absolute atomic E-state index is 0.391. The summed E-state index contributed by atoms with van der Waals surface area (Å²) in [6, 6.07) is 13.3. The Morgan fingerprint density at radius 2 is 1.03 bits per heavy atom. The summed E-state index contributed by atoms with van der Waals surface area (Å²) in [5.41, 5.74) is 27.0. The summed E-state index contributed by atoms with van der Waals surface area (Å²) in [6.07, 6.45) is 0. The van der Waals surface area contributed by atoms with E-state index in [1.54, 1.807) is 0 Å². The fourth-order valence-corrected chi connectivity index (χ4v) is 4.57. The molecule has 0 spiro atoms. The van der Waals surface area contributed by atoms with Crippen molar-refractivity contribution >= 4 is 11.4 Å². The molecule has 3 aromatic carbocycles. The molecule has 0 fully saturated rings. The molecule has 3 aromatic rings. The first-order valence-corrected chi connectivity index (χ1v) is 10.9. The van der Waals surface area contributed by atoms with Gasteiger partial charge in [-0.15, -0.1) is 0 Å². The van der Waals surface area contributed by atoms with Gasteiger partial charge in [-0.3, -0.25) is 0 Å². The molecule has 0 aliphatic heterocycles. The molecule has 2 heteroatoms. The van der Waals surface area contributed by atoms with Crippen LogP contribution in [0, 0.1) is 27.7 Å². The molecule has 0 aliphatic carbocycles. The number of nitrogens with two attached hydrogens (primary N) is 2. The summed E-state index contributed by atoms with van der Waals surface area (Å²) in [7, 11) is 0. The number of aryl methyl sites for hydroxylation is 2. The van der Waals surface area contributed by atoms with Crippen molar-refractivity contribution < 1.29 is 0 Å². The highest BCUT2D eigenvalue weighted by atomic mass is 14.6. The fraction of sp³-hybridized carbons (Fsp3) is 0.357. The van der Waals surface area contributed by atoms with E-state index in [1.165, 1.54) is 33.4 Å². The van der Waals surface area contributed by atoms with Crippen molar-refractivity contribution in [3.05, 3.63) is 69.8 Å². The zero-order valence-corrected chi connectivity index (χ0v) is 19.8. The molecular weight excluding hydrogens is 364 g/mol. The van der Waals surface area contributed by atoms with E-state index in [0.717, 1.165) is 33.6 Å². The van der Waals surface area contributed by atoms with Gasteiger partial charge in [-0.1, -0.05) is 64.1 Å². The molecule has 0 aromatic heterocycles. The van der Waals surface area contributed by atoms with Crippen molar-refractivity contribution in [3.63, 3.8) is 0 Å². The van der Waals surface area contributed by atoms with Gasteiger partial charge in [-0.05, 0) is 95.2 Å². The minimum atomic E-state index is 0.391. The van der Waals surface area contributed by atoms with Crippen molar-refractivity contribution in [1.82, 2.24) is 0 Å². The van der Waals surface area contributed by atoms with Crippen LogP contribution in [0.3, 0.4) is 0 Å². The number of benzene rings is 3. The monoisotopic (exact) mass is 400 g/mol. The van der Waals surface area contributed by atoms with Crippen LogP contribution >= 0.6 is 0 Å². The lowest BCUT2D eigenvalue weighted by molar-refractivity contribution is 0.792. The maximum absolute atomic E-state index is 6.49. The second-order valence-electron chi connectivity index (χ2n) is 9.24. The zero-order valence-electron chi connectivity index (χ0n) is 19.8. The highest BCUT2D eigenvalue weighted by molar-refractivity contribution is 5.92. The number of nitrogen functional groups attached to an aromatic ring is 2. The molecule has 3 rings (SSSR count). The average molecular weight is 401 g/mol. The highest BCUT2D eigenvalue weighted by Crippen LogP contribution is 2.45. The maximum atomic E-state index is 6.49. The van der Waals surface area contributed by atoms with E-state index in [0.29, 0.717) is 11.8 Å². The first-order chi connectivity index (χ1) is 14.1. The molecule has 0 heterocycles. The molecule has 0 saturated carbocycles. The van der Waals surface area contributed by atoms with E-state index in [2.05, 4.69) is 91.8 Å². The van der Waals surface area contributed by atoms with Gasteiger partial charge in [0.2, 0.25) is 0 Å². The minimum Gasteiger partial charge on any atom is -0.398 e. The van der Waals surface area contributed by atoms with E-state index in [1.807, 2.05) is 0 Å². The Balaban J connectivity index is 2.51. The van der Waals surface area contributed by atoms with Gasteiger partial charge in [0.1, 0.15) is 0 Å². The van der Waals surface area contributed by atoms with Crippen molar-refractivity contribution in [1.29, 1.82) is 0 Å². The predicted molar refractivity (Wildman–Crippen MR) is 133 cm³/mol. The Bertz CT molecular complexity index is 1100. The molecule has 30 heavy (non-hydrogen) atoms. The first kappa shape index (κ1) is 22.0. The van der Waals surface area contributed by atoms with Crippen LogP contribution in [0.15, 0.2) is 36.4 Å². The van der Waals surface area contributed by atoms with Gasteiger partial charge in [0.25, 0.3) is 0 Å². The molecule has 2 nitrogen and oxygen atoms in total. The van der Waals surface area contributed by atoms with Crippen LogP contribution in [-0.2, 0) is 0 Å². The molecule has 0 bridgehead atoms. The van der Waals surface area contributed by atoms with Crippen LogP contribution < -0.4 is 11.5 Å². The van der Waals surface area contributed by atoms with Crippen LogP contribution in [0.1, 0.15) is 72.9 Å². The van der Waals surface area contributed by atoms with Crippen molar-refractivity contribution in [3.8, 4) is 22.3 Å². The molecule has 4 N–H and O–H groups in total. The lowest BCUT2D eigenvalue weighted by atomic mass is 9.78. The molecule has 0 amide bonds. The topological polar surface area (TPSA) is 52.0 Å². The van der Waals surface area contributed by atoms with Gasteiger partial charge >= 0.3 is 0 Å². The van der Waals surface area contributed by atoms with Gasteiger partial charge in [0.15, 0.2) is 0 Å². The summed E-state index contributed by atoms with van der Waals surface area (Å²) in [6.45, 7) is 17.5. The van der Waals surface area contributed by atoms with Gasteiger partial charge in [-0.25, -0.2) is 0 Å². The molecule has 0 radical (unpaired) electrons. The zero-order chi connectivity index (χ0) is 22.3. The molecule has 0 atom stereocenters. The smallest absolute Gasteiger partial charge is 0.0379 e. The predicted octanol–water partition coefficient (Wildman–Crippen LogP) is 7.67. The standard InChI is InChI=1S/C28H36N2/c1-15(2)21-13-14-24(22-11-9-17(5)27(29)19(22)7)26(25(21)16(3)4)23-12-10-18(6)28(30)20(23)8/h9-16H,29-30H2,1-8H3. The van der Waals surface area contributed by atoms with E-state index >= 15 is 0 Å². The molecule has 0 unspecified atom stereocenters. The fourth-order valence-electron chi connectivity index (χ4n) is 4.57. The Kier molecular flexibility index (Phi) is 5.99. The van der Waals surface area contributed by atoms with Crippen molar-refractivity contribution in [2.75, 3.05) is 11.5 Å². The van der Waals surface area contributed by atoms with Crippen LogP contribution in [0.2, 0.25) is 0 Å². The van der Waals surface area contributed by atoms with E-state index in [-0.39, 0.29) is 0 Å². The van der Waals surface area contributed by atoms with Gasteiger partial charge in [0.05, 0.1) is 0 Å². The number of rotatable bonds is 4. The summed E-state index contributed by atoms with van der Waals surface area (Å²) in [4.78, 5) is 0. The normalized spacial score (nSPS) is 11.5. The Hall–Kier alpha value is -2.74. The van der Waals surface area contributed by atoms with E-state index < -0.39 is 0 Å². The van der Waals surface area contributed by atoms with Crippen LogP contribution in [-0.4, -0.2) is 0 Å². The first-order valence-electron chi connectivity index (χ1n) is 10.9. The molecular formula is C28H36N2. The third-order valence-electron chi connectivity index (χ3n) is 6.50. The number of anilines is 2. The second kappa shape index (κ2) is 8.18. The third-order valence-corrected chi connectivity index (χ3v) is 6.50. The van der Waals surface area contributed by atoms with E-state index in [4.69, 9.17) is 11.5 Å². The lowest BCUT2D eigenvalue weighted by Gasteiger charge is -2.26. The molecule has 0 aliphatic rings. The van der Waals surface area contributed by atoms with E-state index in [9.17, 15) is 0 Å². The third kappa shape index (κ3) is 3.60. The SMILES string of the molecule is Cc1ccc(-c2ccc(C(C)C)c(C(C)C)c2-c2ccc(C)c(N)c2C)c(C)c1N. The van der Waals surface area contributed by atoms with Crippen LogP contribution in [0.5, 0.6) is 0 Å². The second-order valence-corrected chi connectivity index (χ2v) is 9.24. The highest BCUT2D eigenvalue weighted by Gasteiger charge is 2.23. The quantitative estimate of drug-likeness (QED) is 0.441. The maximum Gasteiger partial charge on any atom is 0.0379 e. The van der Waals surface area contributed by atoms with Gasteiger partial charge < -0.3 is 11.5 Å². The number of hydrogen-bond donors (Lipinski definition) is 2.